The molecule has 10 N–H and O–H groups in total. The fourth-order valence-corrected chi connectivity index (χ4v) is 12.6. The lowest BCUT2D eigenvalue weighted by molar-refractivity contribution is -0.131. The quantitative estimate of drug-likeness (QED) is 0.0260. The van der Waals surface area contributed by atoms with E-state index < -0.39 is 41.9 Å². The molecular weight excluding hydrogens is 811 g/mol. The first-order chi connectivity index (χ1) is 31.0. The zero-order valence-electron chi connectivity index (χ0n) is 36.7. The Morgan fingerprint density at radius 2 is 1.78 bits per heavy atom. The van der Waals surface area contributed by atoms with Crippen molar-refractivity contribution >= 4 is 41.1 Å². The molecule has 4 bridgehead atoms. The van der Waals surface area contributed by atoms with Crippen molar-refractivity contribution in [2.45, 2.75) is 144 Å². The fraction of sp³-hybridized carbons (Fsp3) is 0.569. The number of fused-ring (bicyclic) bond motifs is 4. The summed E-state index contributed by atoms with van der Waals surface area (Å²) >= 11 is 0. The molecule has 0 spiro atoms. The van der Waals surface area contributed by atoms with Gasteiger partial charge < -0.3 is 56.5 Å². The number of nitrogens with zero attached hydrogens (tertiary/aromatic N) is 1. The number of nitrogens with one attached hydrogen (secondary N) is 3. The second-order valence-electron chi connectivity index (χ2n) is 19.5. The van der Waals surface area contributed by atoms with Crippen LogP contribution in [0.25, 0.3) is 10.8 Å². The number of hydrogen-bond acceptors (Lipinski definition) is 11. The van der Waals surface area contributed by atoms with Crippen molar-refractivity contribution in [2.24, 2.45) is 40.3 Å². The zero-order chi connectivity index (χ0) is 45.0. The number of carbonyl (C=O) groups excluding carboxylic acids is 2. The Kier molecular flexibility index (Phi) is 14.4. The Labute approximate surface area is 375 Å². The summed E-state index contributed by atoms with van der Waals surface area (Å²) in [6.07, 6.45) is 17.6. The van der Waals surface area contributed by atoms with Crippen LogP contribution >= 0.6 is 0 Å². The molecule has 2 fully saturated rings. The molecule has 13 heteroatoms. The number of aliphatic hydroxyl groups excluding tert-OH is 3. The third-order valence-corrected chi connectivity index (χ3v) is 15.6. The molecule has 1 aromatic heterocycles. The molecule has 3 aromatic rings. The van der Waals surface area contributed by atoms with Gasteiger partial charge in [-0.15, -0.1) is 0 Å². The Morgan fingerprint density at radius 1 is 0.984 bits per heavy atom. The van der Waals surface area contributed by atoms with Gasteiger partial charge in [0.25, 0.3) is 0 Å². The van der Waals surface area contributed by atoms with Gasteiger partial charge in [-0.2, -0.15) is 0 Å². The van der Waals surface area contributed by atoms with E-state index in [1.165, 1.54) is 17.2 Å². The highest BCUT2D eigenvalue weighted by atomic mass is 16.4. The van der Waals surface area contributed by atoms with Gasteiger partial charge in [0.2, 0.25) is 0 Å². The molecule has 0 amide bonds. The van der Waals surface area contributed by atoms with Crippen molar-refractivity contribution < 1.29 is 39.9 Å². The number of guanidine groups is 1. The van der Waals surface area contributed by atoms with Gasteiger partial charge in [0.05, 0.1) is 23.7 Å². The Balaban J connectivity index is 1.16. The fourth-order valence-electron chi connectivity index (χ4n) is 12.6. The first kappa shape index (κ1) is 45.7. The van der Waals surface area contributed by atoms with Gasteiger partial charge in [0, 0.05) is 31.2 Å². The van der Waals surface area contributed by atoms with E-state index in [2.05, 4.69) is 52.0 Å². The molecule has 0 radical (unpaired) electrons. The van der Waals surface area contributed by atoms with Crippen molar-refractivity contribution in [3.63, 3.8) is 0 Å². The number of aromatic amines is 1. The van der Waals surface area contributed by atoms with E-state index >= 15 is 0 Å². The van der Waals surface area contributed by atoms with Gasteiger partial charge in [-0.3, -0.25) is 0 Å². The number of anilines is 1. The minimum atomic E-state index is -1.43. The lowest BCUT2D eigenvalue weighted by atomic mass is 9.48. The van der Waals surface area contributed by atoms with Crippen LogP contribution < -0.4 is 16.4 Å². The van der Waals surface area contributed by atoms with E-state index in [-0.39, 0.29) is 60.4 Å². The molecule has 64 heavy (non-hydrogen) atoms. The normalized spacial score (nSPS) is 28.9. The van der Waals surface area contributed by atoms with Crippen LogP contribution in [-0.4, -0.2) is 97.6 Å². The number of aliphatic carboxylic acids is 1. The van der Waals surface area contributed by atoms with E-state index in [1.807, 2.05) is 24.4 Å². The maximum absolute atomic E-state index is 13.0. The van der Waals surface area contributed by atoms with Crippen LogP contribution in [0, 0.1) is 29.6 Å². The Morgan fingerprint density at radius 3 is 2.52 bits per heavy atom. The molecule has 0 saturated heterocycles. The Bertz CT molecular complexity index is 2200. The number of hydrogen-bond donors (Lipinski definition) is 9. The molecule has 5 aliphatic rings. The number of benzene rings is 2. The molecule has 344 valence electrons. The number of carboxylic acids is 1. The smallest absolute Gasteiger partial charge is 0.328 e. The van der Waals surface area contributed by atoms with E-state index in [1.54, 1.807) is 0 Å². The number of aliphatic imine (C=N–C) groups is 1. The number of H-pyrrole nitrogens is 1. The van der Waals surface area contributed by atoms with Crippen LogP contribution in [0.3, 0.4) is 0 Å². The Hall–Kier alpha value is -4.82. The van der Waals surface area contributed by atoms with Gasteiger partial charge in [-0.25, -0.2) is 9.79 Å². The van der Waals surface area contributed by atoms with Crippen LogP contribution in [0.2, 0.25) is 0 Å². The third-order valence-electron chi connectivity index (χ3n) is 15.6. The summed E-state index contributed by atoms with van der Waals surface area (Å²) in [6, 6.07) is 12.8. The number of aldehydes is 2. The number of unbranched alkanes of at least 4 members (excludes halogenated alkanes) is 2. The molecule has 12 unspecified atom stereocenters. The lowest BCUT2D eigenvalue weighted by Gasteiger charge is -2.57. The molecular formula is C51H67N5O8. The maximum Gasteiger partial charge on any atom is 0.328 e. The molecule has 4 aliphatic carbocycles. The van der Waals surface area contributed by atoms with Crippen molar-refractivity contribution in [1.82, 2.24) is 10.3 Å². The van der Waals surface area contributed by atoms with Gasteiger partial charge in [0.1, 0.15) is 30.6 Å². The predicted octanol–water partition coefficient (Wildman–Crippen LogP) is 6.02. The van der Waals surface area contributed by atoms with Crippen LogP contribution in [0.1, 0.15) is 118 Å². The van der Waals surface area contributed by atoms with Crippen LogP contribution in [0.5, 0.6) is 0 Å². The number of rotatable bonds is 21. The van der Waals surface area contributed by atoms with E-state index in [0.29, 0.717) is 37.7 Å². The minimum Gasteiger partial charge on any atom is -0.478 e. The van der Waals surface area contributed by atoms with E-state index in [9.17, 15) is 39.9 Å². The lowest BCUT2D eigenvalue weighted by Crippen LogP contribution is -2.60. The second-order valence-corrected chi connectivity index (χ2v) is 19.5. The van der Waals surface area contributed by atoms with Gasteiger partial charge in [-0.1, -0.05) is 74.6 Å². The number of nitrogens with two attached hydrogens (primary N) is 1. The van der Waals surface area contributed by atoms with Gasteiger partial charge in [0.15, 0.2) is 5.96 Å². The maximum atomic E-state index is 13.0. The highest BCUT2D eigenvalue weighted by Gasteiger charge is 2.55. The highest BCUT2D eigenvalue weighted by molar-refractivity contribution is 5.86. The number of carbonyl (C=O) groups is 3. The van der Waals surface area contributed by atoms with E-state index in [0.717, 1.165) is 92.5 Å². The van der Waals surface area contributed by atoms with Crippen molar-refractivity contribution in [1.29, 1.82) is 0 Å². The molecule has 2 aromatic carbocycles. The zero-order valence-corrected chi connectivity index (χ0v) is 36.7. The standard InChI is InChI=1S/C51H67N5O8/c52-50-54-41(28-42(55-50)48(62)49(63)51(64)19-4-5-20-51)40(27-44(60)61)47(56-43-11-6-21-53-43)37-17-16-35-36-15-14-32(10-3-1-2-8-31(29-59)9-7-22-57)45(46(36)37)39-26-34-24-30(18-23-58)12-13-33(34)25-38(35)39/h6,11-15,21,23-27,29,31-32,35-37,41-42,45-49,53,56-57,62-64H,1-5,7-10,16-20,22,28H2,(H,60,61)(H3,52,54,55). The SMILES string of the molecule is NC1=NC(C(=CC(=O)O)C(Nc2ccc[nH]2)C2CCC3c4cc5ccc(CC=O)cc5cc4C4C(CCCCCC(C=O)CCCO)C=CC3C24)CC(C(O)C(O)C2(O)CCCC2)N1. The topological polar surface area (TPSA) is 231 Å². The highest BCUT2D eigenvalue weighted by Crippen LogP contribution is 2.62. The molecule has 2 saturated carbocycles. The molecule has 1 aliphatic heterocycles. The van der Waals surface area contributed by atoms with E-state index in [4.69, 9.17) is 10.7 Å². The molecule has 12 atom stereocenters. The summed E-state index contributed by atoms with van der Waals surface area (Å²) in [5, 5.41) is 63.2. The first-order valence-corrected chi connectivity index (χ1v) is 23.8. The average Bonchev–Trinajstić information content (AvgIpc) is 3.99. The summed E-state index contributed by atoms with van der Waals surface area (Å²) in [4.78, 5) is 44.4. The predicted molar refractivity (Wildman–Crippen MR) is 247 cm³/mol. The summed E-state index contributed by atoms with van der Waals surface area (Å²) in [5.41, 5.74) is 9.24. The van der Waals surface area contributed by atoms with Crippen LogP contribution in [-0.2, 0) is 20.8 Å². The van der Waals surface area contributed by atoms with Crippen molar-refractivity contribution in [3.05, 3.63) is 89.2 Å². The van der Waals surface area contributed by atoms with Crippen LogP contribution in [0.15, 0.2) is 77.5 Å². The molecule has 8 rings (SSSR count). The largest absolute Gasteiger partial charge is 0.478 e. The summed E-state index contributed by atoms with van der Waals surface area (Å²) in [7, 11) is 0. The van der Waals surface area contributed by atoms with Gasteiger partial charge >= 0.3 is 5.97 Å². The number of aromatic nitrogens is 1. The summed E-state index contributed by atoms with van der Waals surface area (Å²) in [6.45, 7) is 0.0893. The summed E-state index contributed by atoms with van der Waals surface area (Å²) < 4.78 is 0. The minimum absolute atomic E-state index is 0.0321. The average molecular weight is 878 g/mol. The van der Waals surface area contributed by atoms with Gasteiger partial charge in [-0.05, 0) is 138 Å². The third kappa shape index (κ3) is 9.59. The number of allylic oxidation sites excluding steroid dienone is 2. The number of aliphatic hydroxyl groups is 4. The molecule has 2 heterocycles. The number of carboxylic acid groups (broad SMARTS) is 1. The monoisotopic (exact) mass is 877 g/mol. The second kappa shape index (κ2) is 20.1. The summed E-state index contributed by atoms with van der Waals surface area (Å²) in [5.74, 6) is 0.418. The molecule has 13 nitrogen and oxygen atoms in total. The first-order valence-electron chi connectivity index (χ1n) is 23.8. The van der Waals surface area contributed by atoms with Crippen molar-refractivity contribution in [2.75, 3.05) is 11.9 Å². The van der Waals surface area contributed by atoms with Crippen molar-refractivity contribution in [3.8, 4) is 0 Å². The van der Waals surface area contributed by atoms with Crippen LogP contribution in [0.4, 0.5) is 5.82 Å².